The van der Waals surface area contributed by atoms with E-state index in [-0.39, 0.29) is 0 Å². The van der Waals surface area contributed by atoms with Crippen LogP contribution in [0.2, 0.25) is 0 Å². The van der Waals surface area contributed by atoms with Crippen LogP contribution in [-0.4, -0.2) is 70.1 Å². The summed E-state index contributed by atoms with van der Waals surface area (Å²) in [5.74, 6) is -0.693. The van der Waals surface area contributed by atoms with Crippen LogP contribution in [-0.2, 0) is 9.53 Å². The number of nitrogens with zero attached hydrogens (tertiary/aromatic N) is 1. The van der Waals surface area contributed by atoms with Crippen LogP contribution in [0.1, 0.15) is 0 Å². The van der Waals surface area contributed by atoms with E-state index in [9.17, 15) is 20.1 Å². The molecule has 0 aromatic carbocycles. The second-order valence-electron chi connectivity index (χ2n) is 3.64. The molecule has 0 radical (unpaired) electrons. The van der Waals surface area contributed by atoms with Crippen molar-refractivity contribution in [3.8, 4) is 0 Å². The summed E-state index contributed by atoms with van der Waals surface area (Å²) in [7, 11) is 0. The number of carbonyl (C=O) groups excluding carboxylic acids is 1. The first-order valence-electron chi connectivity index (χ1n) is 4.94. The molecule has 1 aliphatic rings. The van der Waals surface area contributed by atoms with Gasteiger partial charge in [0.05, 0.1) is 6.61 Å². The minimum atomic E-state index is -1.56. The first kappa shape index (κ1) is 13.8. The molecule has 5 unspecified atom stereocenters. The molecule has 0 spiro atoms. The molecule has 1 saturated heterocycles. The zero-order chi connectivity index (χ0) is 13.0. The monoisotopic (exact) mass is 246 g/mol. The maximum absolute atomic E-state index is 11.1. The van der Waals surface area contributed by atoms with Crippen molar-refractivity contribution >= 4 is 5.91 Å². The van der Waals surface area contributed by atoms with E-state index < -0.39 is 49.7 Å². The van der Waals surface area contributed by atoms with Crippen LogP contribution in [0.5, 0.6) is 0 Å². The van der Waals surface area contributed by atoms with Crippen molar-refractivity contribution in [1.29, 1.82) is 0 Å². The molecule has 1 aliphatic heterocycles. The highest BCUT2D eigenvalue weighted by atomic mass is 16.6. The van der Waals surface area contributed by atoms with Crippen molar-refractivity contribution in [1.82, 2.24) is 5.32 Å². The molecule has 0 saturated carbocycles. The largest absolute Gasteiger partial charge is 0.394 e. The Morgan fingerprint density at radius 1 is 1.35 bits per heavy atom. The zero-order valence-corrected chi connectivity index (χ0v) is 8.85. The van der Waals surface area contributed by atoms with Crippen molar-refractivity contribution in [3.05, 3.63) is 11.4 Å². The van der Waals surface area contributed by atoms with Crippen molar-refractivity contribution in [3.63, 3.8) is 0 Å². The number of carbonyl (C=O) groups is 1. The van der Waals surface area contributed by atoms with Crippen LogP contribution in [0.4, 0.5) is 0 Å². The van der Waals surface area contributed by atoms with Crippen LogP contribution in [0, 0.1) is 6.57 Å². The Kier molecular flexibility index (Phi) is 4.80. The third-order valence-electron chi connectivity index (χ3n) is 2.45. The van der Waals surface area contributed by atoms with Gasteiger partial charge in [-0.25, -0.2) is 6.57 Å². The lowest BCUT2D eigenvalue weighted by atomic mass is 9.97. The Hall–Kier alpha value is -1.24. The van der Waals surface area contributed by atoms with Gasteiger partial charge in [-0.3, -0.25) is 4.79 Å². The number of aliphatic hydroxyl groups excluding tert-OH is 4. The van der Waals surface area contributed by atoms with Gasteiger partial charge >= 0.3 is 5.91 Å². The normalized spacial score (nSPS) is 37.2. The highest BCUT2D eigenvalue weighted by Gasteiger charge is 2.44. The topological polar surface area (TPSA) is 124 Å². The predicted octanol–water partition coefficient (Wildman–Crippen LogP) is -3.18. The summed E-state index contributed by atoms with van der Waals surface area (Å²) in [6.07, 6.45) is -5.58. The van der Waals surface area contributed by atoms with E-state index in [1.807, 2.05) is 0 Å². The molecule has 0 bridgehead atoms. The predicted molar refractivity (Wildman–Crippen MR) is 53.4 cm³/mol. The second kappa shape index (κ2) is 5.90. The molecule has 1 heterocycles. The zero-order valence-electron chi connectivity index (χ0n) is 8.85. The molecule has 1 fully saturated rings. The summed E-state index contributed by atoms with van der Waals surface area (Å²) < 4.78 is 4.81. The molecule has 5 N–H and O–H groups in total. The lowest BCUT2D eigenvalue weighted by molar-refractivity contribution is -0.253. The average Bonchev–Trinajstić information content (AvgIpc) is 2.29. The number of hydrogen-bond acceptors (Lipinski definition) is 6. The number of hydrogen-bond donors (Lipinski definition) is 5. The lowest BCUT2D eigenvalue weighted by Gasteiger charge is -2.40. The van der Waals surface area contributed by atoms with Gasteiger partial charge in [-0.15, -0.1) is 0 Å². The minimum absolute atomic E-state index is 0.449. The summed E-state index contributed by atoms with van der Waals surface area (Å²) in [4.78, 5) is 14.0. The van der Waals surface area contributed by atoms with E-state index in [1.54, 1.807) is 0 Å². The number of ether oxygens (including phenoxy) is 1. The summed E-state index contributed by atoms with van der Waals surface area (Å²) in [5.41, 5.74) is 0. The van der Waals surface area contributed by atoms with E-state index in [2.05, 4.69) is 10.2 Å². The van der Waals surface area contributed by atoms with Crippen molar-refractivity contribution in [2.45, 2.75) is 30.6 Å². The fraction of sp³-hybridized carbons (Fsp3) is 0.778. The van der Waals surface area contributed by atoms with E-state index in [1.165, 1.54) is 0 Å². The average molecular weight is 246 g/mol. The van der Waals surface area contributed by atoms with Crippen LogP contribution >= 0.6 is 0 Å². The van der Waals surface area contributed by atoms with Gasteiger partial charge in [0, 0.05) is 0 Å². The van der Waals surface area contributed by atoms with Crippen molar-refractivity contribution in [2.75, 3.05) is 13.2 Å². The highest BCUT2D eigenvalue weighted by Crippen LogP contribution is 2.19. The van der Waals surface area contributed by atoms with E-state index in [4.69, 9.17) is 16.4 Å². The van der Waals surface area contributed by atoms with Crippen LogP contribution in [0.15, 0.2) is 0 Å². The molecule has 0 aliphatic carbocycles. The van der Waals surface area contributed by atoms with Gasteiger partial charge < -0.3 is 35.3 Å². The van der Waals surface area contributed by atoms with Gasteiger partial charge in [-0.1, -0.05) is 0 Å². The molecule has 0 aromatic rings. The van der Waals surface area contributed by atoms with Gasteiger partial charge in [0.15, 0.2) is 6.29 Å². The summed E-state index contributed by atoms with van der Waals surface area (Å²) in [6.45, 7) is 5.46. The lowest BCUT2D eigenvalue weighted by Crippen LogP contribution is -2.64. The molecule has 1 rings (SSSR count). The fourth-order valence-electron chi connectivity index (χ4n) is 1.56. The molecule has 96 valence electrons. The van der Waals surface area contributed by atoms with Crippen LogP contribution < -0.4 is 5.32 Å². The number of amides is 1. The Balaban J connectivity index is 2.67. The van der Waals surface area contributed by atoms with Gasteiger partial charge in [0.1, 0.15) is 24.4 Å². The third kappa shape index (κ3) is 3.12. The van der Waals surface area contributed by atoms with Gasteiger partial charge in [0.25, 0.3) is 6.54 Å². The molecule has 8 heteroatoms. The van der Waals surface area contributed by atoms with Crippen LogP contribution in [0.3, 0.4) is 0 Å². The molecule has 8 nitrogen and oxygen atoms in total. The van der Waals surface area contributed by atoms with E-state index in [0.717, 1.165) is 0 Å². The second-order valence-corrected chi connectivity index (χ2v) is 3.64. The maximum atomic E-state index is 11.1. The van der Waals surface area contributed by atoms with E-state index >= 15 is 0 Å². The number of rotatable bonds is 3. The first-order valence-corrected chi connectivity index (χ1v) is 4.94. The van der Waals surface area contributed by atoms with Crippen molar-refractivity contribution in [2.24, 2.45) is 0 Å². The highest BCUT2D eigenvalue weighted by molar-refractivity contribution is 5.79. The smallest absolute Gasteiger partial charge is 0.300 e. The molecular weight excluding hydrogens is 232 g/mol. The fourth-order valence-corrected chi connectivity index (χ4v) is 1.56. The number of aliphatic hydroxyl groups is 4. The Labute approximate surface area is 97.3 Å². The maximum Gasteiger partial charge on any atom is 0.300 e. The number of nitrogens with one attached hydrogen (secondary N) is 1. The van der Waals surface area contributed by atoms with Crippen molar-refractivity contribution < 1.29 is 30.0 Å². The molecule has 1 amide bonds. The Morgan fingerprint density at radius 2 is 2.00 bits per heavy atom. The van der Waals surface area contributed by atoms with Gasteiger partial charge in [-0.05, 0) is 0 Å². The SMILES string of the molecule is [C-]#[N+]CC(=O)NC1C(O)OC(CO)C(O)C1O. The van der Waals surface area contributed by atoms with Gasteiger partial charge in [-0.2, -0.15) is 0 Å². The van der Waals surface area contributed by atoms with Crippen LogP contribution in [0.25, 0.3) is 4.85 Å². The Bertz CT molecular complexity index is 317. The minimum Gasteiger partial charge on any atom is -0.394 e. The molecule has 17 heavy (non-hydrogen) atoms. The summed E-state index contributed by atoms with van der Waals surface area (Å²) >= 11 is 0. The van der Waals surface area contributed by atoms with E-state index in [0.29, 0.717) is 0 Å². The molecule has 0 aromatic heterocycles. The summed E-state index contributed by atoms with van der Waals surface area (Å²) in [6, 6.07) is -1.23. The Morgan fingerprint density at radius 3 is 2.53 bits per heavy atom. The molecular formula is C9H14N2O6. The molecule has 5 atom stereocenters. The first-order chi connectivity index (χ1) is 8.01. The third-order valence-corrected chi connectivity index (χ3v) is 2.45. The summed E-state index contributed by atoms with van der Waals surface area (Å²) in [5, 5.41) is 39.6. The quantitative estimate of drug-likeness (QED) is 0.334. The standard InChI is InChI=1S/C9H14N2O6/c1-10-2-5(13)11-6-8(15)7(14)4(3-12)17-9(6)16/h4,6-9,12,14-16H,2-3H2,(H,11,13). The van der Waals surface area contributed by atoms with Gasteiger partial charge in [0.2, 0.25) is 0 Å².